The molecule has 0 saturated heterocycles. The van der Waals surface area contributed by atoms with Crippen LogP contribution in [0.3, 0.4) is 0 Å². The molecule has 2 aromatic carbocycles. The second-order valence-electron chi connectivity index (χ2n) is 4.80. The van der Waals surface area contributed by atoms with Crippen molar-refractivity contribution in [3.05, 3.63) is 74.8 Å². The number of non-ortho nitro benzene ring substituents is 2. The first kappa shape index (κ1) is 19.7. The lowest BCUT2D eigenvalue weighted by molar-refractivity contribution is -0.401. The molecular weight excluding hydrogens is 413 g/mol. The average molecular weight is 418 g/mol. The Morgan fingerprint density at radius 1 is 0.630 bits per heavy atom. The molecule has 0 aromatic heterocycles. The maximum absolute atomic E-state index is 11.2. The third-order valence-corrected chi connectivity index (χ3v) is 3.77. The molecule has 0 saturated carbocycles. The maximum atomic E-state index is 11.2. The van der Waals surface area contributed by atoms with Gasteiger partial charge in [-0.3, -0.25) is 40.5 Å². The van der Waals surface area contributed by atoms with Crippen molar-refractivity contribution in [2.75, 3.05) is 5.32 Å². The van der Waals surface area contributed by atoms with E-state index >= 15 is 0 Å². The number of nitrogens with zero attached hydrogens (tertiary/aromatic N) is 4. The predicted molar refractivity (Wildman–Crippen MR) is 92.8 cm³/mol. The van der Waals surface area contributed by atoms with Crippen LogP contribution in [0.4, 0.5) is 34.1 Å². The molecule has 27 heavy (non-hydrogen) atoms. The number of hydrogen-bond donors (Lipinski definition) is 1. The van der Waals surface area contributed by atoms with Gasteiger partial charge in [0.15, 0.2) is 5.69 Å². The van der Waals surface area contributed by atoms with Crippen LogP contribution in [0.5, 0.6) is 0 Å². The highest BCUT2D eigenvalue weighted by atomic mass is 35.5. The molecule has 15 heteroatoms. The summed E-state index contributed by atoms with van der Waals surface area (Å²) in [5, 5.41) is 45.7. The Labute approximate surface area is 157 Å². The first-order chi connectivity index (χ1) is 12.5. The molecule has 0 heterocycles. The Morgan fingerprint density at radius 2 is 1.00 bits per heavy atom. The molecule has 2 rings (SSSR count). The molecule has 0 aliphatic heterocycles. The fraction of sp³-hybridized carbons (Fsp3) is 0. The van der Waals surface area contributed by atoms with Crippen LogP contribution in [0, 0.1) is 40.5 Å². The topological polar surface area (TPSA) is 185 Å². The number of nitro groups is 4. The molecule has 0 spiro atoms. The van der Waals surface area contributed by atoms with E-state index in [1.54, 1.807) is 0 Å². The van der Waals surface area contributed by atoms with Gasteiger partial charge in [-0.15, -0.1) is 0 Å². The molecule has 0 aliphatic rings. The van der Waals surface area contributed by atoms with Gasteiger partial charge in [-0.2, -0.15) is 0 Å². The van der Waals surface area contributed by atoms with Crippen molar-refractivity contribution in [3.8, 4) is 0 Å². The summed E-state index contributed by atoms with van der Waals surface area (Å²) in [5.74, 6) is 0. The van der Waals surface area contributed by atoms with Gasteiger partial charge in [0.05, 0.1) is 47.6 Å². The average Bonchev–Trinajstić information content (AvgIpc) is 2.56. The molecule has 0 atom stereocenters. The highest BCUT2D eigenvalue weighted by Gasteiger charge is 2.31. The zero-order valence-corrected chi connectivity index (χ0v) is 14.1. The number of halogens is 2. The molecular formula is C12H5Cl2N5O8. The highest BCUT2D eigenvalue weighted by Crippen LogP contribution is 2.43. The van der Waals surface area contributed by atoms with E-state index in [-0.39, 0.29) is 15.7 Å². The monoisotopic (exact) mass is 417 g/mol. The first-order valence-electron chi connectivity index (χ1n) is 6.54. The summed E-state index contributed by atoms with van der Waals surface area (Å²) in [7, 11) is 0. The summed E-state index contributed by atoms with van der Waals surface area (Å²) in [4.78, 5) is 40.2. The van der Waals surface area contributed by atoms with Crippen LogP contribution in [0.2, 0.25) is 10.0 Å². The molecule has 0 bridgehead atoms. The lowest BCUT2D eigenvalue weighted by atomic mass is 10.2. The summed E-state index contributed by atoms with van der Waals surface area (Å²) in [5.41, 5.74) is -4.34. The largest absolute Gasteiger partial charge is 0.342 e. The fourth-order valence-corrected chi connectivity index (χ4v) is 2.60. The number of nitro benzene ring substituents is 4. The van der Waals surface area contributed by atoms with Crippen LogP contribution in [-0.2, 0) is 0 Å². The van der Waals surface area contributed by atoms with Crippen molar-refractivity contribution in [2.24, 2.45) is 0 Å². The number of hydrogen-bond acceptors (Lipinski definition) is 9. The Balaban J connectivity index is 2.72. The first-order valence-corrected chi connectivity index (χ1v) is 7.30. The molecule has 0 amide bonds. The maximum Gasteiger partial charge on any atom is 0.306 e. The summed E-state index contributed by atoms with van der Waals surface area (Å²) in [6, 6.07) is 2.78. The van der Waals surface area contributed by atoms with Crippen molar-refractivity contribution < 1.29 is 19.7 Å². The molecule has 0 aliphatic carbocycles. The van der Waals surface area contributed by atoms with Crippen molar-refractivity contribution >= 4 is 57.3 Å². The zero-order valence-electron chi connectivity index (χ0n) is 12.6. The molecule has 140 valence electrons. The Kier molecular flexibility index (Phi) is 5.37. The van der Waals surface area contributed by atoms with E-state index in [0.29, 0.717) is 12.1 Å². The third kappa shape index (κ3) is 3.99. The summed E-state index contributed by atoms with van der Waals surface area (Å²) >= 11 is 11.7. The van der Waals surface area contributed by atoms with Crippen LogP contribution in [-0.4, -0.2) is 19.7 Å². The SMILES string of the molecule is O=[N+]([O-])c1cc(Cl)c(Nc2c([N+](=O)[O-])cc([N+](=O)[O-])cc2[N+](=O)[O-])c(Cl)c1. The van der Waals surface area contributed by atoms with Gasteiger partial charge in [-0.05, 0) is 0 Å². The fourth-order valence-electron chi connectivity index (χ4n) is 2.03. The van der Waals surface area contributed by atoms with E-state index in [1.165, 1.54) is 0 Å². The summed E-state index contributed by atoms with van der Waals surface area (Å²) in [6.07, 6.45) is 0. The van der Waals surface area contributed by atoms with Gasteiger partial charge in [0.25, 0.3) is 11.4 Å². The summed E-state index contributed by atoms with van der Waals surface area (Å²) < 4.78 is 0. The van der Waals surface area contributed by atoms with Gasteiger partial charge in [0, 0.05) is 12.1 Å². The van der Waals surface area contributed by atoms with E-state index in [0.717, 1.165) is 12.1 Å². The van der Waals surface area contributed by atoms with E-state index in [2.05, 4.69) is 5.32 Å². The van der Waals surface area contributed by atoms with Gasteiger partial charge >= 0.3 is 11.4 Å². The van der Waals surface area contributed by atoms with Crippen LogP contribution >= 0.6 is 23.2 Å². The minimum Gasteiger partial charge on any atom is -0.342 e. The lowest BCUT2D eigenvalue weighted by Gasteiger charge is -2.11. The molecule has 2 aromatic rings. The smallest absolute Gasteiger partial charge is 0.306 e. The highest BCUT2D eigenvalue weighted by molar-refractivity contribution is 6.39. The van der Waals surface area contributed by atoms with Crippen molar-refractivity contribution in [1.29, 1.82) is 0 Å². The number of benzene rings is 2. The van der Waals surface area contributed by atoms with Crippen LogP contribution in [0.15, 0.2) is 24.3 Å². The van der Waals surface area contributed by atoms with E-state index < -0.39 is 48.1 Å². The van der Waals surface area contributed by atoms with Gasteiger partial charge < -0.3 is 5.32 Å². The number of rotatable bonds is 6. The Morgan fingerprint density at radius 3 is 1.33 bits per heavy atom. The van der Waals surface area contributed by atoms with E-state index in [1.807, 2.05) is 0 Å². The number of anilines is 2. The third-order valence-electron chi connectivity index (χ3n) is 3.17. The van der Waals surface area contributed by atoms with Crippen LogP contribution in [0.25, 0.3) is 0 Å². The van der Waals surface area contributed by atoms with Gasteiger partial charge in [0.1, 0.15) is 0 Å². The summed E-state index contributed by atoms with van der Waals surface area (Å²) in [6.45, 7) is 0. The van der Waals surface area contributed by atoms with Crippen LogP contribution < -0.4 is 5.32 Å². The van der Waals surface area contributed by atoms with Gasteiger partial charge in [0.2, 0.25) is 0 Å². The molecule has 0 radical (unpaired) electrons. The van der Waals surface area contributed by atoms with Crippen molar-refractivity contribution in [1.82, 2.24) is 0 Å². The van der Waals surface area contributed by atoms with Crippen molar-refractivity contribution in [2.45, 2.75) is 0 Å². The second-order valence-corrected chi connectivity index (χ2v) is 5.61. The molecule has 0 fully saturated rings. The quantitative estimate of drug-likeness (QED) is 0.525. The van der Waals surface area contributed by atoms with Gasteiger partial charge in [-0.1, -0.05) is 23.2 Å². The molecule has 1 N–H and O–H groups in total. The van der Waals surface area contributed by atoms with E-state index in [9.17, 15) is 40.5 Å². The predicted octanol–water partition coefficient (Wildman–Crippen LogP) is 4.37. The van der Waals surface area contributed by atoms with Gasteiger partial charge in [-0.25, -0.2) is 0 Å². The zero-order chi connectivity index (χ0) is 20.5. The standard InChI is InChI=1S/C12H5Cl2N5O8/c13-7-1-5(16(20)21)2-8(14)11(7)15-12-9(18(24)25)3-6(17(22)23)4-10(12)19(26)27/h1-4,15H. The van der Waals surface area contributed by atoms with Crippen molar-refractivity contribution in [3.63, 3.8) is 0 Å². The minimum atomic E-state index is -1.07. The second kappa shape index (κ2) is 7.35. The minimum absolute atomic E-state index is 0.288. The normalized spacial score (nSPS) is 10.3. The molecule has 0 unspecified atom stereocenters. The van der Waals surface area contributed by atoms with E-state index in [4.69, 9.17) is 23.2 Å². The Hall–Kier alpha value is -3.58. The lowest BCUT2D eigenvalue weighted by Crippen LogP contribution is -2.04. The Bertz CT molecular complexity index is 953. The molecule has 13 nitrogen and oxygen atoms in total. The number of nitrogens with one attached hydrogen (secondary N) is 1. The van der Waals surface area contributed by atoms with Crippen LogP contribution in [0.1, 0.15) is 0 Å².